The van der Waals surface area contributed by atoms with Crippen molar-refractivity contribution in [2.75, 3.05) is 5.73 Å². The van der Waals surface area contributed by atoms with E-state index in [1.54, 1.807) is 6.07 Å². The number of nitrogens with two attached hydrogens (primary N) is 1. The van der Waals surface area contributed by atoms with Gasteiger partial charge in [0, 0.05) is 12.1 Å². The largest absolute Gasteiger partial charge is 0.382 e. The Morgan fingerprint density at radius 3 is 2.94 bits per heavy atom. The van der Waals surface area contributed by atoms with E-state index in [-0.39, 0.29) is 5.92 Å². The molecule has 80 valence electrons. The lowest BCUT2D eigenvalue weighted by Crippen LogP contribution is -2.04. The van der Waals surface area contributed by atoms with Crippen molar-refractivity contribution in [2.24, 2.45) is 0 Å². The first-order valence-corrected chi connectivity index (χ1v) is 5.37. The van der Waals surface area contributed by atoms with Crippen molar-refractivity contribution in [1.82, 2.24) is 15.2 Å². The first-order chi connectivity index (χ1) is 7.84. The fourth-order valence-electron chi connectivity index (χ4n) is 2.24. The van der Waals surface area contributed by atoms with Crippen LogP contribution in [-0.4, -0.2) is 15.2 Å². The van der Waals surface area contributed by atoms with Gasteiger partial charge in [-0.3, -0.25) is 4.98 Å². The van der Waals surface area contributed by atoms with E-state index in [2.05, 4.69) is 21.2 Å². The second-order valence-electron chi connectivity index (χ2n) is 4.02. The number of hydrogen-bond acceptors (Lipinski definition) is 4. The van der Waals surface area contributed by atoms with E-state index in [4.69, 9.17) is 5.73 Å². The first-order valence-electron chi connectivity index (χ1n) is 5.37. The van der Waals surface area contributed by atoms with Crippen molar-refractivity contribution >= 4 is 5.82 Å². The van der Waals surface area contributed by atoms with E-state index >= 15 is 0 Å². The standard InChI is InChI=1S/C12H12N4/c13-11-6-5-10(15-16-11)9-4-3-8-2-1-7-14-12(8)9/h1-2,5-7,9H,3-4H2,(H2,13,16). The van der Waals surface area contributed by atoms with Gasteiger partial charge in [0.2, 0.25) is 0 Å². The third-order valence-corrected chi connectivity index (χ3v) is 3.02. The highest BCUT2D eigenvalue weighted by Gasteiger charge is 2.26. The van der Waals surface area contributed by atoms with Crippen LogP contribution in [0.3, 0.4) is 0 Å². The number of aryl methyl sites for hydroxylation is 1. The second kappa shape index (κ2) is 3.56. The van der Waals surface area contributed by atoms with Crippen LogP contribution >= 0.6 is 0 Å². The molecule has 16 heavy (non-hydrogen) atoms. The average molecular weight is 212 g/mol. The summed E-state index contributed by atoms with van der Waals surface area (Å²) in [4.78, 5) is 4.44. The van der Waals surface area contributed by atoms with Crippen molar-refractivity contribution in [1.29, 1.82) is 0 Å². The Kier molecular flexibility index (Phi) is 2.06. The molecule has 0 spiro atoms. The maximum atomic E-state index is 5.53. The number of nitrogens with zero attached hydrogens (tertiary/aromatic N) is 3. The Hall–Kier alpha value is -1.97. The van der Waals surface area contributed by atoms with Crippen LogP contribution in [0.5, 0.6) is 0 Å². The lowest BCUT2D eigenvalue weighted by molar-refractivity contribution is 0.727. The summed E-state index contributed by atoms with van der Waals surface area (Å²) >= 11 is 0. The van der Waals surface area contributed by atoms with Gasteiger partial charge >= 0.3 is 0 Å². The van der Waals surface area contributed by atoms with Crippen LogP contribution in [0.15, 0.2) is 30.5 Å². The van der Waals surface area contributed by atoms with Gasteiger partial charge in [-0.2, -0.15) is 5.10 Å². The predicted molar refractivity (Wildman–Crippen MR) is 60.8 cm³/mol. The van der Waals surface area contributed by atoms with Gasteiger partial charge in [0.1, 0.15) is 5.82 Å². The summed E-state index contributed by atoms with van der Waals surface area (Å²) in [7, 11) is 0. The van der Waals surface area contributed by atoms with E-state index in [9.17, 15) is 0 Å². The Labute approximate surface area is 93.5 Å². The highest BCUT2D eigenvalue weighted by Crippen LogP contribution is 2.35. The molecule has 3 rings (SSSR count). The van der Waals surface area contributed by atoms with Gasteiger partial charge < -0.3 is 5.73 Å². The van der Waals surface area contributed by atoms with Gasteiger partial charge in [0.25, 0.3) is 0 Å². The molecular formula is C12H12N4. The Morgan fingerprint density at radius 2 is 2.12 bits per heavy atom. The monoisotopic (exact) mass is 212 g/mol. The minimum absolute atomic E-state index is 0.282. The molecule has 0 saturated carbocycles. The van der Waals surface area contributed by atoms with Crippen molar-refractivity contribution in [3.8, 4) is 0 Å². The minimum Gasteiger partial charge on any atom is -0.382 e. The van der Waals surface area contributed by atoms with Crippen LogP contribution in [0.2, 0.25) is 0 Å². The maximum absolute atomic E-state index is 5.53. The summed E-state index contributed by atoms with van der Waals surface area (Å²) < 4.78 is 0. The van der Waals surface area contributed by atoms with Gasteiger partial charge in [-0.1, -0.05) is 6.07 Å². The van der Waals surface area contributed by atoms with E-state index in [0.29, 0.717) is 5.82 Å². The van der Waals surface area contributed by atoms with Crippen molar-refractivity contribution in [2.45, 2.75) is 18.8 Å². The number of aromatic nitrogens is 3. The number of fused-ring (bicyclic) bond motifs is 1. The molecular weight excluding hydrogens is 200 g/mol. The zero-order valence-corrected chi connectivity index (χ0v) is 8.80. The van der Waals surface area contributed by atoms with Crippen LogP contribution in [-0.2, 0) is 6.42 Å². The van der Waals surface area contributed by atoms with Crippen LogP contribution in [0.4, 0.5) is 5.82 Å². The molecule has 2 aromatic heterocycles. The molecule has 0 aromatic carbocycles. The highest BCUT2D eigenvalue weighted by molar-refractivity contribution is 5.36. The number of pyridine rings is 1. The number of hydrogen-bond donors (Lipinski definition) is 1. The van der Waals surface area contributed by atoms with Gasteiger partial charge in [-0.15, -0.1) is 5.10 Å². The lowest BCUT2D eigenvalue weighted by atomic mass is 10.0. The zero-order chi connectivity index (χ0) is 11.0. The molecule has 0 aliphatic heterocycles. The molecule has 0 saturated heterocycles. The number of anilines is 1. The van der Waals surface area contributed by atoms with Gasteiger partial charge in [0.15, 0.2) is 0 Å². The molecule has 2 aromatic rings. The number of nitrogen functional groups attached to an aromatic ring is 1. The predicted octanol–water partition coefficient (Wildman–Crippen LogP) is 1.53. The summed E-state index contributed by atoms with van der Waals surface area (Å²) in [6, 6.07) is 7.85. The topological polar surface area (TPSA) is 64.7 Å². The quantitative estimate of drug-likeness (QED) is 0.778. The van der Waals surface area contributed by atoms with E-state index < -0.39 is 0 Å². The molecule has 1 atom stereocenters. The SMILES string of the molecule is Nc1ccc(C2CCc3cccnc32)nn1. The normalized spacial score (nSPS) is 18.4. The molecule has 1 aliphatic carbocycles. The van der Waals surface area contributed by atoms with Gasteiger partial charge in [-0.25, -0.2) is 0 Å². The molecule has 1 unspecified atom stereocenters. The third-order valence-electron chi connectivity index (χ3n) is 3.02. The van der Waals surface area contributed by atoms with Crippen LogP contribution in [0, 0.1) is 0 Å². The minimum atomic E-state index is 0.282. The van der Waals surface area contributed by atoms with E-state index in [1.807, 2.05) is 18.3 Å². The molecule has 0 radical (unpaired) electrons. The average Bonchev–Trinajstić information content (AvgIpc) is 2.74. The molecule has 0 fully saturated rings. The Morgan fingerprint density at radius 1 is 1.19 bits per heavy atom. The summed E-state index contributed by atoms with van der Waals surface area (Å²) in [6.45, 7) is 0. The van der Waals surface area contributed by atoms with Crippen LogP contribution in [0.1, 0.15) is 29.3 Å². The molecule has 4 nitrogen and oxygen atoms in total. The summed E-state index contributed by atoms with van der Waals surface area (Å²) in [6.07, 6.45) is 3.97. The molecule has 2 heterocycles. The van der Waals surface area contributed by atoms with Crippen molar-refractivity contribution in [3.63, 3.8) is 0 Å². The maximum Gasteiger partial charge on any atom is 0.146 e. The fourth-order valence-corrected chi connectivity index (χ4v) is 2.24. The lowest BCUT2D eigenvalue weighted by Gasteiger charge is -2.08. The van der Waals surface area contributed by atoms with Crippen molar-refractivity contribution in [3.05, 3.63) is 47.4 Å². The van der Waals surface area contributed by atoms with Crippen LogP contribution in [0.25, 0.3) is 0 Å². The number of rotatable bonds is 1. The summed E-state index contributed by atoms with van der Waals surface area (Å²) in [5.41, 5.74) is 8.96. The smallest absolute Gasteiger partial charge is 0.146 e. The van der Waals surface area contributed by atoms with Crippen molar-refractivity contribution < 1.29 is 0 Å². The molecule has 4 heteroatoms. The summed E-state index contributed by atoms with van der Waals surface area (Å²) in [5, 5.41) is 8.04. The Balaban J connectivity index is 2.01. The highest BCUT2D eigenvalue weighted by atomic mass is 15.1. The van der Waals surface area contributed by atoms with E-state index in [0.717, 1.165) is 24.2 Å². The molecule has 0 amide bonds. The second-order valence-corrected chi connectivity index (χ2v) is 4.02. The van der Waals surface area contributed by atoms with E-state index in [1.165, 1.54) is 5.56 Å². The zero-order valence-electron chi connectivity index (χ0n) is 8.80. The molecule has 2 N–H and O–H groups in total. The van der Waals surface area contributed by atoms with Crippen LogP contribution < -0.4 is 5.73 Å². The van der Waals surface area contributed by atoms with Gasteiger partial charge in [0.05, 0.1) is 11.4 Å². The molecule has 1 aliphatic rings. The molecule has 0 bridgehead atoms. The van der Waals surface area contributed by atoms with Gasteiger partial charge in [-0.05, 0) is 36.6 Å². The Bertz CT molecular complexity index is 507. The fraction of sp³-hybridized carbons (Fsp3) is 0.250. The third kappa shape index (κ3) is 1.43. The first kappa shape index (κ1) is 9.27. The summed E-state index contributed by atoms with van der Waals surface area (Å²) in [5.74, 6) is 0.743.